The van der Waals surface area contributed by atoms with E-state index in [9.17, 15) is 4.79 Å². The van der Waals surface area contributed by atoms with Crippen molar-refractivity contribution in [1.29, 1.82) is 0 Å². The molecule has 0 atom stereocenters. The van der Waals surface area contributed by atoms with Gasteiger partial charge in [-0.05, 0) is 18.3 Å². The molecule has 3 nitrogen and oxygen atoms in total. The Kier molecular flexibility index (Phi) is 3.40. The van der Waals surface area contributed by atoms with Gasteiger partial charge in [0.1, 0.15) is 0 Å². The molecule has 0 heterocycles. The fourth-order valence-electron chi connectivity index (χ4n) is 1.21. The van der Waals surface area contributed by atoms with Crippen LogP contribution < -0.4 is 0 Å². The third-order valence-electron chi connectivity index (χ3n) is 2.09. The van der Waals surface area contributed by atoms with Gasteiger partial charge in [-0.2, -0.15) is 0 Å². The lowest BCUT2D eigenvalue weighted by Gasteiger charge is -2.10. The summed E-state index contributed by atoms with van der Waals surface area (Å²) in [4.78, 5) is 10.4. The molecule has 0 saturated heterocycles. The van der Waals surface area contributed by atoms with Crippen molar-refractivity contribution in [2.45, 2.75) is 19.3 Å². The summed E-state index contributed by atoms with van der Waals surface area (Å²) < 4.78 is 4.89. The van der Waals surface area contributed by atoms with Gasteiger partial charge in [0.05, 0.1) is 12.4 Å². The summed E-state index contributed by atoms with van der Waals surface area (Å²) in [5.74, 6) is 0.916. The van der Waals surface area contributed by atoms with Crippen LogP contribution in [0.5, 0.6) is 0 Å². The highest BCUT2D eigenvalue weighted by Gasteiger charge is 2.43. The van der Waals surface area contributed by atoms with Gasteiger partial charge >= 0.3 is 5.97 Å². The van der Waals surface area contributed by atoms with E-state index in [1.165, 1.54) is 0 Å². The highest BCUT2D eigenvalue weighted by atomic mass is 32.2. The number of carboxylic acids is 1. The van der Waals surface area contributed by atoms with Gasteiger partial charge in [0, 0.05) is 12.9 Å². The number of carbonyl (C=O) groups is 1. The third-order valence-corrected chi connectivity index (χ3v) is 3.31. The van der Waals surface area contributed by atoms with Gasteiger partial charge in [-0.1, -0.05) is 0 Å². The van der Waals surface area contributed by atoms with Crippen molar-refractivity contribution >= 4 is 17.7 Å². The lowest BCUT2D eigenvalue weighted by atomic mass is 10.1. The summed E-state index contributed by atoms with van der Waals surface area (Å²) in [7, 11) is 1.66. The van der Waals surface area contributed by atoms with Gasteiger partial charge in [-0.25, -0.2) is 0 Å². The van der Waals surface area contributed by atoms with E-state index in [1.54, 1.807) is 18.9 Å². The van der Waals surface area contributed by atoms with Crippen LogP contribution in [0, 0.1) is 5.41 Å². The molecular weight excluding hydrogens is 176 g/mol. The number of hydrogen-bond acceptors (Lipinski definition) is 3. The Morgan fingerprint density at radius 3 is 2.75 bits per heavy atom. The molecule has 0 spiro atoms. The summed E-state index contributed by atoms with van der Waals surface area (Å²) in [5, 5.41) is 8.61. The zero-order valence-corrected chi connectivity index (χ0v) is 8.02. The second-order valence-electron chi connectivity index (χ2n) is 3.33. The van der Waals surface area contributed by atoms with Gasteiger partial charge in [0.25, 0.3) is 0 Å². The highest BCUT2D eigenvalue weighted by Crippen LogP contribution is 2.50. The van der Waals surface area contributed by atoms with Crippen LogP contribution in [0.1, 0.15) is 19.3 Å². The van der Waals surface area contributed by atoms with Crippen molar-refractivity contribution in [3.8, 4) is 0 Å². The average Bonchev–Trinajstić information content (AvgIpc) is 2.69. The molecule has 1 aliphatic carbocycles. The van der Waals surface area contributed by atoms with Crippen molar-refractivity contribution in [3.63, 3.8) is 0 Å². The SMILES string of the molecule is COCSCC1(CC(=O)O)CC1. The minimum absolute atomic E-state index is 0.106. The predicted molar refractivity (Wildman–Crippen MR) is 48.3 cm³/mol. The third kappa shape index (κ3) is 3.03. The van der Waals surface area contributed by atoms with Crippen molar-refractivity contribution in [3.05, 3.63) is 0 Å². The number of rotatable bonds is 6. The Morgan fingerprint density at radius 1 is 1.67 bits per heavy atom. The first-order valence-electron chi connectivity index (χ1n) is 3.97. The molecule has 0 aromatic heterocycles. The zero-order chi connectivity index (χ0) is 9.03. The standard InChI is InChI=1S/C8H14O3S/c1-11-6-12-5-8(2-3-8)4-7(9)10/h2-6H2,1H3,(H,9,10). The summed E-state index contributed by atoms with van der Waals surface area (Å²) in [6.45, 7) is 0. The molecule has 0 aromatic carbocycles. The van der Waals surface area contributed by atoms with E-state index in [4.69, 9.17) is 9.84 Å². The summed E-state index contributed by atoms with van der Waals surface area (Å²) in [6.07, 6.45) is 2.45. The van der Waals surface area contributed by atoms with E-state index in [0.717, 1.165) is 18.6 Å². The van der Waals surface area contributed by atoms with Gasteiger partial charge in [0.15, 0.2) is 0 Å². The number of hydrogen-bond donors (Lipinski definition) is 1. The molecule has 0 amide bonds. The van der Waals surface area contributed by atoms with Crippen LogP contribution in [0.3, 0.4) is 0 Å². The van der Waals surface area contributed by atoms with Crippen LogP contribution in [-0.4, -0.2) is 29.9 Å². The lowest BCUT2D eigenvalue weighted by Crippen LogP contribution is -2.11. The van der Waals surface area contributed by atoms with Crippen molar-refractivity contribution in [2.75, 3.05) is 18.8 Å². The van der Waals surface area contributed by atoms with Crippen LogP contribution in [0.4, 0.5) is 0 Å². The molecule has 70 valence electrons. The first kappa shape index (κ1) is 9.86. The number of ether oxygens (including phenoxy) is 1. The van der Waals surface area contributed by atoms with Crippen molar-refractivity contribution in [1.82, 2.24) is 0 Å². The fourth-order valence-corrected chi connectivity index (χ4v) is 2.28. The van der Waals surface area contributed by atoms with Gasteiger partial charge in [-0.3, -0.25) is 4.79 Å². The number of carboxylic acid groups (broad SMARTS) is 1. The first-order chi connectivity index (χ1) is 5.68. The first-order valence-corrected chi connectivity index (χ1v) is 5.12. The molecular formula is C8H14O3S. The monoisotopic (exact) mass is 190 g/mol. The van der Waals surface area contributed by atoms with Crippen LogP contribution in [0.25, 0.3) is 0 Å². The van der Waals surface area contributed by atoms with E-state index < -0.39 is 5.97 Å². The van der Waals surface area contributed by atoms with E-state index in [2.05, 4.69) is 0 Å². The predicted octanol–water partition coefficient (Wildman–Crippen LogP) is 1.58. The summed E-state index contributed by atoms with van der Waals surface area (Å²) in [6, 6.07) is 0. The normalized spacial score (nSPS) is 19.1. The van der Waals surface area contributed by atoms with Crippen molar-refractivity contribution < 1.29 is 14.6 Å². The molecule has 1 N–H and O–H groups in total. The Hall–Kier alpha value is -0.220. The van der Waals surface area contributed by atoms with E-state index in [1.807, 2.05) is 0 Å². The highest BCUT2D eigenvalue weighted by molar-refractivity contribution is 7.99. The molecule has 0 aromatic rings. The Labute approximate surface area is 76.5 Å². The lowest BCUT2D eigenvalue weighted by molar-refractivity contribution is -0.138. The average molecular weight is 190 g/mol. The topological polar surface area (TPSA) is 46.5 Å². The molecule has 1 saturated carbocycles. The molecule has 4 heteroatoms. The molecule has 12 heavy (non-hydrogen) atoms. The summed E-state index contributed by atoms with van der Waals surface area (Å²) >= 11 is 1.68. The quantitative estimate of drug-likeness (QED) is 0.510. The largest absolute Gasteiger partial charge is 0.481 e. The van der Waals surface area contributed by atoms with E-state index in [0.29, 0.717) is 12.4 Å². The molecule has 0 radical (unpaired) electrons. The Bertz CT molecular complexity index is 166. The maximum absolute atomic E-state index is 10.4. The van der Waals surface area contributed by atoms with Crippen molar-refractivity contribution in [2.24, 2.45) is 5.41 Å². The number of thioether (sulfide) groups is 1. The summed E-state index contributed by atoms with van der Waals surface area (Å²) in [5.41, 5.74) is 0.106. The molecule has 0 aliphatic heterocycles. The van der Waals surface area contributed by atoms with Crippen LogP contribution in [0.2, 0.25) is 0 Å². The minimum Gasteiger partial charge on any atom is -0.481 e. The van der Waals surface area contributed by atoms with Crippen LogP contribution >= 0.6 is 11.8 Å². The van der Waals surface area contributed by atoms with Crippen LogP contribution in [-0.2, 0) is 9.53 Å². The van der Waals surface area contributed by atoms with Crippen LogP contribution in [0.15, 0.2) is 0 Å². The Morgan fingerprint density at radius 2 is 2.33 bits per heavy atom. The molecule has 0 bridgehead atoms. The van der Waals surface area contributed by atoms with E-state index in [-0.39, 0.29) is 5.41 Å². The second kappa shape index (κ2) is 4.14. The molecule has 1 aliphatic rings. The van der Waals surface area contributed by atoms with Gasteiger partial charge in [-0.15, -0.1) is 11.8 Å². The number of methoxy groups -OCH3 is 1. The van der Waals surface area contributed by atoms with Gasteiger partial charge in [0.2, 0.25) is 0 Å². The minimum atomic E-state index is -0.675. The Balaban J connectivity index is 2.16. The fraction of sp³-hybridized carbons (Fsp3) is 0.875. The van der Waals surface area contributed by atoms with E-state index >= 15 is 0 Å². The second-order valence-corrected chi connectivity index (χ2v) is 4.26. The zero-order valence-electron chi connectivity index (χ0n) is 7.21. The molecule has 1 rings (SSSR count). The maximum Gasteiger partial charge on any atom is 0.303 e. The molecule has 0 unspecified atom stereocenters. The molecule has 1 fully saturated rings. The maximum atomic E-state index is 10.4. The number of aliphatic carboxylic acids is 1. The smallest absolute Gasteiger partial charge is 0.303 e. The van der Waals surface area contributed by atoms with Gasteiger partial charge < -0.3 is 9.84 Å².